The molecule has 0 saturated heterocycles. The minimum atomic E-state index is -4.68. The Morgan fingerprint density at radius 3 is 2.34 bits per heavy atom. The standard InChI is InChI=1S/C36H38BrClN4O7S/c1-5-25(3)39-36(44)33(19-26-10-7-6-8-11-26)40(22-27-12-9-13-28(37)18-27)35(43)23-41(32-20-29(38)15-17-34(32)49-4)50(47,48)30-16-14-24(2)31(21-30)42(45)46/h6-18,20-21,25,33H,5,19,22-23H2,1-4H3,(H,39,44)/t25-,33+/m1/s1. The number of halogens is 2. The first-order valence-electron chi connectivity index (χ1n) is 15.7. The predicted molar refractivity (Wildman–Crippen MR) is 197 cm³/mol. The predicted octanol–water partition coefficient (Wildman–Crippen LogP) is 7.08. The van der Waals surface area contributed by atoms with E-state index < -0.39 is 49.9 Å². The van der Waals surface area contributed by atoms with E-state index in [4.69, 9.17) is 16.3 Å². The Balaban J connectivity index is 1.90. The molecule has 4 aromatic rings. The summed E-state index contributed by atoms with van der Waals surface area (Å²) in [6.07, 6.45) is 0.785. The van der Waals surface area contributed by atoms with Gasteiger partial charge in [-0.2, -0.15) is 0 Å². The van der Waals surface area contributed by atoms with Gasteiger partial charge in [-0.05, 0) is 67.8 Å². The maximum absolute atomic E-state index is 14.7. The second-order valence-electron chi connectivity index (χ2n) is 11.7. The van der Waals surface area contributed by atoms with Crippen LogP contribution in [0.5, 0.6) is 5.75 Å². The number of amides is 2. The zero-order valence-electron chi connectivity index (χ0n) is 28.0. The van der Waals surface area contributed by atoms with Crippen LogP contribution in [0.3, 0.4) is 0 Å². The number of benzene rings is 4. The van der Waals surface area contributed by atoms with Crippen LogP contribution in [0.2, 0.25) is 5.02 Å². The number of nitro groups is 1. The van der Waals surface area contributed by atoms with Gasteiger partial charge in [-0.3, -0.25) is 24.0 Å². The molecule has 4 rings (SSSR count). The number of hydrogen-bond donors (Lipinski definition) is 1. The Morgan fingerprint density at radius 2 is 1.70 bits per heavy atom. The molecular formula is C36H38BrClN4O7S. The van der Waals surface area contributed by atoms with Gasteiger partial charge in [0, 0.05) is 40.1 Å². The highest BCUT2D eigenvalue weighted by Crippen LogP contribution is 2.36. The Morgan fingerprint density at radius 1 is 1.00 bits per heavy atom. The molecule has 0 bridgehead atoms. The molecule has 0 aliphatic heterocycles. The molecule has 0 fully saturated rings. The molecule has 2 atom stereocenters. The Labute approximate surface area is 305 Å². The van der Waals surface area contributed by atoms with Gasteiger partial charge in [-0.1, -0.05) is 83.0 Å². The van der Waals surface area contributed by atoms with E-state index in [1.165, 1.54) is 49.3 Å². The Hall–Kier alpha value is -4.46. The molecule has 0 aliphatic rings. The van der Waals surface area contributed by atoms with Crippen LogP contribution in [0.1, 0.15) is 37.0 Å². The van der Waals surface area contributed by atoms with E-state index in [0.29, 0.717) is 12.0 Å². The third-order valence-corrected chi connectivity index (χ3v) is 10.7. The number of nitro benzene ring substituents is 1. The van der Waals surface area contributed by atoms with Crippen LogP contribution in [0, 0.1) is 17.0 Å². The summed E-state index contributed by atoms with van der Waals surface area (Å²) in [5.74, 6) is -1.03. The largest absolute Gasteiger partial charge is 0.495 e. The number of aryl methyl sites for hydroxylation is 1. The van der Waals surface area contributed by atoms with Gasteiger partial charge >= 0.3 is 0 Å². The summed E-state index contributed by atoms with van der Waals surface area (Å²) in [5.41, 5.74) is 1.26. The average Bonchev–Trinajstić information content (AvgIpc) is 3.08. The van der Waals surface area contributed by atoms with E-state index in [-0.39, 0.29) is 41.0 Å². The lowest BCUT2D eigenvalue weighted by Gasteiger charge is -2.34. The first-order valence-corrected chi connectivity index (χ1v) is 18.4. The monoisotopic (exact) mass is 784 g/mol. The number of carbonyl (C=O) groups excluding carboxylic acids is 2. The molecule has 0 heterocycles. The molecule has 0 aromatic heterocycles. The second-order valence-corrected chi connectivity index (χ2v) is 14.9. The summed E-state index contributed by atoms with van der Waals surface area (Å²) < 4.78 is 36.0. The molecule has 2 amide bonds. The fraction of sp³-hybridized carbons (Fsp3) is 0.278. The Bertz CT molecular complexity index is 1960. The highest BCUT2D eigenvalue weighted by atomic mass is 79.9. The number of rotatable bonds is 15. The van der Waals surface area contributed by atoms with E-state index in [2.05, 4.69) is 21.2 Å². The van der Waals surface area contributed by atoms with E-state index in [0.717, 1.165) is 20.4 Å². The lowest BCUT2D eigenvalue weighted by atomic mass is 10.0. The van der Waals surface area contributed by atoms with Gasteiger partial charge in [0.25, 0.3) is 15.7 Å². The van der Waals surface area contributed by atoms with Crippen molar-refractivity contribution >= 4 is 60.7 Å². The summed E-state index contributed by atoms with van der Waals surface area (Å²) in [6, 6.07) is 23.0. The average molecular weight is 786 g/mol. The molecule has 264 valence electrons. The van der Waals surface area contributed by atoms with Crippen molar-refractivity contribution in [2.75, 3.05) is 18.0 Å². The van der Waals surface area contributed by atoms with E-state index in [1.807, 2.05) is 56.3 Å². The van der Waals surface area contributed by atoms with Crippen molar-refractivity contribution in [2.45, 2.75) is 57.1 Å². The normalized spacial score (nSPS) is 12.4. The van der Waals surface area contributed by atoms with Crippen molar-refractivity contribution in [3.63, 3.8) is 0 Å². The molecule has 0 spiro atoms. The molecule has 50 heavy (non-hydrogen) atoms. The maximum atomic E-state index is 14.7. The van der Waals surface area contributed by atoms with Crippen molar-refractivity contribution < 1.29 is 27.7 Å². The summed E-state index contributed by atoms with van der Waals surface area (Å²) in [6.45, 7) is 4.44. The number of hydrogen-bond acceptors (Lipinski definition) is 7. The molecule has 14 heteroatoms. The van der Waals surface area contributed by atoms with E-state index >= 15 is 0 Å². The third-order valence-electron chi connectivity index (χ3n) is 8.17. The summed E-state index contributed by atoms with van der Waals surface area (Å²) in [4.78, 5) is 40.8. The maximum Gasteiger partial charge on any atom is 0.273 e. The van der Waals surface area contributed by atoms with Crippen LogP contribution in [-0.2, 0) is 32.6 Å². The fourth-order valence-electron chi connectivity index (χ4n) is 5.27. The van der Waals surface area contributed by atoms with Crippen LogP contribution in [-0.4, -0.2) is 55.8 Å². The van der Waals surface area contributed by atoms with Gasteiger partial charge in [0.2, 0.25) is 11.8 Å². The highest BCUT2D eigenvalue weighted by molar-refractivity contribution is 9.10. The number of sulfonamides is 1. The zero-order valence-corrected chi connectivity index (χ0v) is 31.2. The van der Waals surface area contributed by atoms with Gasteiger partial charge in [0.05, 0.1) is 22.6 Å². The van der Waals surface area contributed by atoms with Crippen LogP contribution < -0.4 is 14.4 Å². The number of nitrogens with zero attached hydrogens (tertiary/aromatic N) is 3. The molecule has 0 aliphatic carbocycles. The second kappa shape index (κ2) is 17.0. The van der Waals surface area contributed by atoms with E-state index in [1.54, 1.807) is 12.1 Å². The Kier molecular flexibility index (Phi) is 13.0. The smallest absolute Gasteiger partial charge is 0.273 e. The molecule has 0 saturated carbocycles. The lowest BCUT2D eigenvalue weighted by molar-refractivity contribution is -0.385. The van der Waals surface area contributed by atoms with Gasteiger partial charge in [0.15, 0.2) is 0 Å². The van der Waals surface area contributed by atoms with Gasteiger partial charge < -0.3 is 15.0 Å². The molecule has 11 nitrogen and oxygen atoms in total. The first-order chi connectivity index (χ1) is 23.7. The SMILES string of the molecule is CC[C@@H](C)NC(=O)[C@H](Cc1ccccc1)N(Cc1cccc(Br)c1)C(=O)CN(c1cc(Cl)ccc1OC)S(=O)(=O)c1ccc(C)c([N+](=O)[O-])c1. The quantitative estimate of drug-likeness (QED) is 0.100. The third kappa shape index (κ3) is 9.40. The zero-order chi connectivity index (χ0) is 36.6. The summed E-state index contributed by atoms with van der Waals surface area (Å²) in [5, 5.41) is 14.9. The highest BCUT2D eigenvalue weighted by Gasteiger charge is 2.36. The number of anilines is 1. The molecule has 0 unspecified atom stereocenters. The van der Waals surface area contributed by atoms with Crippen molar-refractivity contribution in [2.24, 2.45) is 0 Å². The topological polar surface area (TPSA) is 139 Å². The van der Waals surface area contributed by atoms with Gasteiger partial charge in [-0.25, -0.2) is 8.42 Å². The number of nitrogens with one attached hydrogen (secondary N) is 1. The number of carbonyl (C=O) groups is 2. The summed E-state index contributed by atoms with van der Waals surface area (Å²) >= 11 is 9.82. The molecular weight excluding hydrogens is 748 g/mol. The van der Waals surface area contributed by atoms with Crippen molar-refractivity contribution in [1.82, 2.24) is 10.2 Å². The summed E-state index contributed by atoms with van der Waals surface area (Å²) in [7, 11) is -3.34. The van der Waals surface area contributed by atoms with Crippen LogP contribution in [0.15, 0.2) is 100 Å². The fourth-order valence-corrected chi connectivity index (χ4v) is 7.32. The van der Waals surface area contributed by atoms with E-state index in [9.17, 15) is 28.1 Å². The van der Waals surface area contributed by atoms with Crippen LogP contribution in [0.25, 0.3) is 0 Å². The molecule has 0 radical (unpaired) electrons. The minimum absolute atomic E-state index is 0.0414. The molecule has 1 N–H and O–H groups in total. The van der Waals surface area contributed by atoms with Crippen molar-refractivity contribution in [3.05, 3.63) is 127 Å². The van der Waals surface area contributed by atoms with Gasteiger partial charge in [-0.15, -0.1) is 0 Å². The van der Waals surface area contributed by atoms with Crippen LogP contribution in [0.4, 0.5) is 11.4 Å². The van der Waals surface area contributed by atoms with Crippen molar-refractivity contribution in [1.29, 1.82) is 0 Å². The lowest BCUT2D eigenvalue weighted by Crippen LogP contribution is -2.54. The van der Waals surface area contributed by atoms with Crippen molar-refractivity contribution in [3.8, 4) is 5.75 Å². The number of methoxy groups -OCH3 is 1. The number of ether oxygens (including phenoxy) is 1. The minimum Gasteiger partial charge on any atom is -0.495 e. The van der Waals surface area contributed by atoms with Gasteiger partial charge in [0.1, 0.15) is 18.3 Å². The molecule has 4 aromatic carbocycles. The van der Waals surface area contributed by atoms with Crippen LogP contribution >= 0.6 is 27.5 Å². The first kappa shape index (κ1) is 38.3.